The van der Waals surface area contributed by atoms with E-state index in [9.17, 15) is 4.79 Å². The maximum atomic E-state index is 13.0. The number of hydrogen-bond donors (Lipinski definition) is 0. The van der Waals surface area contributed by atoms with Crippen LogP contribution in [0, 0.1) is 0 Å². The van der Waals surface area contributed by atoms with Gasteiger partial charge in [-0.25, -0.2) is 9.97 Å². The van der Waals surface area contributed by atoms with Crippen LogP contribution in [0.5, 0.6) is 0 Å². The normalized spacial score (nSPS) is 16.1. The Bertz CT molecular complexity index is 1400. The highest BCUT2D eigenvalue weighted by atomic mass is 32.1. The largest absolute Gasteiger partial charge is 0.352 e. The van der Waals surface area contributed by atoms with E-state index in [4.69, 9.17) is 9.97 Å². The van der Waals surface area contributed by atoms with Crippen LogP contribution in [0.25, 0.3) is 10.2 Å². The number of benzene rings is 2. The van der Waals surface area contributed by atoms with Gasteiger partial charge in [0, 0.05) is 57.0 Å². The lowest BCUT2D eigenvalue weighted by Gasteiger charge is -2.36. The summed E-state index contributed by atoms with van der Waals surface area (Å²) in [5.41, 5.74) is 3.89. The van der Waals surface area contributed by atoms with Crippen LogP contribution in [0.1, 0.15) is 40.7 Å². The van der Waals surface area contributed by atoms with E-state index in [1.54, 1.807) is 0 Å². The average molecular weight is 526 g/mol. The second kappa shape index (κ2) is 11.2. The summed E-state index contributed by atoms with van der Waals surface area (Å²) in [6.45, 7) is 8.49. The van der Waals surface area contributed by atoms with Gasteiger partial charge in [-0.2, -0.15) is 0 Å². The molecule has 0 aliphatic carbocycles. The lowest BCUT2D eigenvalue weighted by atomic mass is 10.0. The van der Waals surface area contributed by atoms with Crippen molar-refractivity contribution in [3.63, 3.8) is 0 Å². The molecule has 0 N–H and O–H groups in total. The van der Waals surface area contributed by atoms with Gasteiger partial charge in [-0.05, 0) is 36.1 Å². The first kappa shape index (κ1) is 25.0. The van der Waals surface area contributed by atoms with Gasteiger partial charge < -0.3 is 9.80 Å². The van der Waals surface area contributed by atoms with Crippen LogP contribution < -0.4 is 4.90 Å². The number of likely N-dealkylation sites (N-methyl/N-ethyl adjacent to an activating group) is 1. The van der Waals surface area contributed by atoms with Crippen LogP contribution >= 0.6 is 11.3 Å². The Morgan fingerprint density at radius 2 is 1.61 bits per heavy atom. The molecule has 2 aromatic heterocycles. The van der Waals surface area contributed by atoms with Gasteiger partial charge in [0.05, 0.1) is 5.39 Å². The number of hydrogen-bond acceptors (Lipinski definition) is 6. The molecule has 0 atom stereocenters. The summed E-state index contributed by atoms with van der Waals surface area (Å²) in [7, 11) is 0. The Kier molecular flexibility index (Phi) is 7.38. The predicted molar refractivity (Wildman–Crippen MR) is 155 cm³/mol. The zero-order valence-corrected chi connectivity index (χ0v) is 22.9. The van der Waals surface area contributed by atoms with Crippen molar-refractivity contribution in [1.82, 2.24) is 19.8 Å². The first-order valence-corrected chi connectivity index (χ1v) is 14.6. The number of piperazine rings is 1. The SMILES string of the molecule is CCN1CCc2c(sc3nc(Cc4ccccc4)nc(N4CCN(C(=O)CCc5ccccc5)CC4)c23)C1. The Balaban J connectivity index is 1.24. The molecular formula is C31H35N5OS. The lowest BCUT2D eigenvalue weighted by Crippen LogP contribution is -2.49. The van der Waals surface area contributed by atoms with E-state index in [1.807, 2.05) is 40.5 Å². The zero-order chi connectivity index (χ0) is 25.9. The van der Waals surface area contributed by atoms with Crippen molar-refractivity contribution in [3.8, 4) is 0 Å². The highest BCUT2D eigenvalue weighted by Crippen LogP contribution is 2.39. The second-order valence-corrected chi connectivity index (χ2v) is 11.4. The summed E-state index contributed by atoms with van der Waals surface area (Å²) in [6, 6.07) is 20.8. The molecule has 0 saturated carbocycles. The third kappa shape index (κ3) is 5.31. The zero-order valence-electron chi connectivity index (χ0n) is 22.1. The van der Waals surface area contributed by atoms with Crippen molar-refractivity contribution < 1.29 is 4.79 Å². The second-order valence-electron chi connectivity index (χ2n) is 10.3. The first-order valence-electron chi connectivity index (χ1n) is 13.8. The molecule has 1 fully saturated rings. The molecule has 0 spiro atoms. The molecule has 0 bridgehead atoms. The third-order valence-electron chi connectivity index (χ3n) is 7.86. The van der Waals surface area contributed by atoms with Gasteiger partial charge >= 0.3 is 0 Å². The number of aromatic nitrogens is 2. The highest BCUT2D eigenvalue weighted by Gasteiger charge is 2.28. The van der Waals surface area contributed by atoms with Gasteiger partial charge in [0.1, 0.15) is 16.5 Å². The van der Waals surface area contributed by atoms with Crippen LogP contribution in [-0.4, -0.2) is 64.9 Å². The van der Waals surface area contributed by atoms with E-state index in [0.29, 0.717) is 6.42 Å². The van der Waals surface area contributed by atoms with Crippen molar-refractivity contribution in [3.05, 3.63) is 88.1 Å². The Hall–Kier alpha value is -3.29. The fraction of sp³-hybridized carbons (Fsp3) is 0.387. The van der Waals surface area contributed by atoms with E-state index in [-0.39, 0.29) is 5.91 Å². The summed E-state index contributed by atoms with van der Waals surface area (Å²) >= 11 is 1.85. The molecule has 6 rings (SSSR count). The molecule has 0 radical (unpaired) electrons. The minimum absolute atomic E-state index is 0.249. The Morgan fingerprint density at radius 1 is 0.895 bits per heavy atom. The Morgan fingerprint density at radius 3 is 2.32 bits per heavy atom. The fourth-order valence-electron chi connectivity index (χ4n) is 5.65. The molecule has 0 unspecified atom stereocenters. The number of rotatable bonds is 7. The summed E-state index contributed by atoms with van der Waals surface area (Å²) in [5.74, 6) is 2.20. The number of nitrogens with zero attached hydrogens (tertiary/aromatic N) is 5. The van der Waals surface area contributed by atoms with Gasteiger partial charge in [-0.15, -0.1) is 11.3 Å². The molecular weight excluding hydrogens is 490 g/mol. The minimum Gasteiger partial charge on any atom is -0.352 e. The predicted octanol–water partition coefficient (Wildman–Crippen LogP) is 4.94. The van der Waals surface area contributed by atoms with Crippen LogP contribution in [-0.2, 0) is 30.6 Å². The molecule has 2 aromatic carbocycles. The quantitative estimate of drug-likeness (QED) is 0.342. The summed E-state index contributed by atoms with van der Waals surface area (Å²) in [5, 5.41) is 1.25. The van der Waals surface area contributed by atoms with Crippen molar-refractivity contribution in [2.45, 2.75) is 39.2 Å². The number of amides is 1. The van der Waals surface area contributed by atoms with Crippen LogP contribution in [0.15, 0.2) is 60.7 Å². The van der Waals surface area contributed by atoms with Gasteiger partial charge in [-0.1, -0.05) is 67.6 Å². The number of anilines is 1. The molecule has 7 heteroatoms. The number of carbonyl (C=O) groups is 1. The number of carbonyl (C=O) groups excluding carboxylic acids is 1. The van der Waals surface area contributed by atoms with E-state index in [0.717, 1.165) is 81.5 Å². The standard InChI is InChI=1S/C31H35N5OS/c1-2-34-16-15-25-26(22-34)38-31-29(25)30(32-27(33-31)21-24-11-7-4-8-12-24)36-19-17-35(18-20-36)28(37)14-13-23-9-5-3-6-10-23/h3-12H,2,13-22H2,1H3. The average Bonchev–Trinajstić information content (AvgIpc) is 3.34. The molecule has 38 heavy (non-hydrogen) atoms. The highest BCUT2D eigenvalue weighted by molar-refractivity contribution is 7.19. The summed E-state index contributed by atoms with van der Waals surface area (Å²) < 4.78 is 0. The molecule has 2 aliphatic heterocycles. The molecule has 4 aromatic rings. The third-order valence-corrected chi connectivity index (χ3v) is 8.97. The van der Waals surface area contributed by atoms with Crippen LogP contribution in [0.2, 0.25) is 0 Å². The smallest absolute Gasteiger partial charge is 0.223 e. The van der Waals surface area contributed by atoms with Crippen molar-refractivity contribution in [2.75, 3.05) is 44.2 Å². The van der Waals surface area contributed by atoms with E-state index in [2.05, 4.69) is 53.1 Å². The lowest BCUT2D eigenvalue weighted by molar-refractivity contribution is -0.131. The summed E-state index contributed by atoms with van der Waals surface area (Å²) in [4.78, 5) is 32.7. The van der Waals surface area contributed by atoms with E-state index < -0.39 is 0 Å². The maximum absolute atomic E-state index is 13.0. The molecule has 1 amide bonds. The molecule has 2 aliphatic rings. The van der Waals surface area contributed by atoms with Gasteiger partial charge in [0.15, 0.2) is 0 Å². The molecule has 6 nitrogen and oxygen atoms in total. The number of fused-ring (bicyclic) bond motifs is 3. The molecule has 196 valence electrons. The van der Waals surface area contributed by atoms with Crippen molar-refractivity contribution >= 4 is 33.3 Å². The first-order chi connectivity index (χ1) is 18.7. The topological polar surface area (TPSA) is 52.6 Å². The van der Waals surface area contributed by atoms with Crippen LogP contribution in [0.4, 0.5) is 5.82 Å². The van der Waals surface area contributed by atoms with Crippen LogP contribution in [0.3, 0.4) is 0 Å². The van der Waals surface area contributed by atoms with Gasteiger partial charge in [0.25, 0.3) is 0 Å². The minimum atomic E-state index is 0.249. The van der Waals surface area contributed by atoms with E-state index in [1.165, 1.54) is 27.0 Å². The molecule has 1 saturated heterocycles. The summed E-state index contributed by atoms with van der Waals surface area (Å²) in [6.07, 6.45) is 3.14. The van der Waals surface area contributed by atoms with E-state index >= 15 is 0 Å². The van der Waals surface area contributed by atoms with Crippen molar-refractivity contribution in [1.29, 1.82) is 0 Å². The number of aryl methyl sites for hydroxylation is 1. The molecule has 4 heterocycles. The maximum Gasteiger partial charge on any atom is 0.223 e. The van der Waals surface area contributed by atoms with Gasteiger partial charge in [0.2, 0.25) is 5.91 Å². The number of thiophene rings is 1. The Labute approximate surface area is 228 Å². The van der Waals surface area contributed by atoms with Crippen molar-refractivity contribution in [2.24, 2.45) is 0 Å². The van der Waals surface area contributed by atoms with Gasteiger partial charge in [-0.3, -0.25) is 9.69 Å². The monoisotopic (exact) mass is 525 g/mol. The fourth-order valence-corrected chi connectivity index (χ4v) is 6.93.